The number of hydrogen-bond acceptors (Lipinski definition) is 8. The number of carboxylic acid groups (broad SMARTS) is 2. The van der Waals surface area contributed by atoms with E-state index in [1.807, 2.05) is 36.4 Å². The van der Waals surface area contributed by atoms with E-state index in [-0.39, 0.29) is 73.9 Å². The summed E-state index contributed by atoms with van der Waals surface area (Å²) in [4.78, 5) is 20.8. The molecule has 2 rings (SSSR count). The maximum absolute atomic E-state index is 10.7. The van der Waals surface area contributed by atoms with E-state index in [1.165, 1.54) is 64.2 Å². The molecule has 8 nitrogen and oxygen atoms in total. The van der Waals surface area contributed by atoms with E-state index in [0.717, 1.165) is 101 Å². The fraction of sp³-hybridized carbons (Fsp3) is 0.720. The molecule has 0 saturated carbocycles. The molecule has 4 atom stereocenters. The number of ether oxygens (including phenoxy) is 2. The number of carbonyl (C=O) groups excluding carboxylic acids is 2. The summed E-state index contributed by atoms with van der Waals surface area (Å²) < 4.78 is 12.2. The van der Waals surface area contributed by atoms with Crippen molar-refractivity contribution in [3.05, 3.63) is 71.8 Å². The van der Waals surface area contributed by atoms with Gasteiger partial charge >= 0.3 is 48.9 Å². The number of benzene rings is 2. The molecule has 0 aliphatic carbocycles. The van der Waals surface area contributed by atoms with Crippen LogP contribution in [0.15, 0.2) is 60.7 Å². The van der Waals surface area contributed by atoms with Gasteiger partial charge in [-0.25, -0.2) is 0 Å². The Morgan fingerprint density at radius 3 is 1.07 bits per heavy atom. The van der Waals surface area contributed by atoms with Crippen molar-refractivity contribution in [3.63, 3.8) is 0 Å². The third-order valence-corrected chi connectivity index (χ3v) is 10.9. The molecule has 0 spiro atoms. The largest absolute Gasteiger partial charge is 2.00 e. The molecule has 59 heavy (non-hydrogen) atoms. The average molecular weight is 949 g/mol. The fourth-order valence-corrected chi connectivity index (χ4v) is 7.26. The van der Waals surface area contributed by atoms with Gasteiger partial charge in [-0.2, -0.15) is 0 Å². The fourth-order valence-electron chi connectivity index (χ4n) is 7.26. The minimum Gasteiger partial charge on any atom is -0.550 e. The molecule has 0 aliphatic heterocycles. The van der Waals surface area contributed by atoms with Gasteiger partial charge in [0, 0.05) is 11.9 Å². The van der Waals surface area contributed by atoms with Gasteiger partial charge in [-0.05, 0) is 62.5 Å². The predicted octanol–water partition coefficient (Wildman–Crippen LogP) is 9.95. The van der Waals surface area contributed by atoms with Crippen LogP contribution < -0.4 is 10.2 Å². The summed E-state index contributed by atoms with van der Waals surface area (Å²) in [6, 6.07) is 20.3. The van der Waals surface area contributed by atoms with Crippen LogP contribution in [0.2, 0.25) is 0 Å². The summed E-state index contributed by atoms with van der Waals surface area (Å²) in [5.41, 5.74) is 2.28. The minimum absolute atomic E-state index is 0. The van der Waals surface area contributed by atoms with Gasteiger partial charge in [0.05, 0.1) is 37.6 Å². The number of carbonyl (C=O) groups is 2. The second-order valence-corrected chi connectivity index (χ2v) is 16.3. The zero-order valence-electron chi connectivity index (χ0n) is 37.3. The first-order valence-electron chi connectivity index (χ1n) is 23.3. The number of aliphatic carboxylic acids is 2. The van der Waals surface area contributed by atoms with Crippen LogP contribution in [0.1, 0.15) is 205 Å². The Morgan fingerprint density at radius 1 is 0.458 bits per heavy atom. The van der Waals surface area contributed by atoms with Crippen molar-refractivity contribution in [3.8, 4) is 0 Å². The quantitative estimate of drug-likeness (QED) is 0.0501. The molecule has 9 heteroatoms. The Balaban J connectivity index is 0.00000112. The molecule has 0 amide bonds. The number of carboxylic acids is 2. The second-order valence-electron chi connectivity index (χ2n) is 16.3. The van der Waals surface area contributed by atoms with Gasteiger partial charge < -0.3 is 39.5 Å². The van der Waals surface area contributed by atoms with Crippen LogP contribution in [-0.2, 0) is 32.3 Å². The third-order valence-electron chi connectivity index (χ3n) is 10.9. The molecular weight excluding hydrogens is 866 g/mol. The third kappa shape index (κ3) is 36.0. The van der Waals surface area contributed by atoms with Crippen molar-refractivity contribution in [1.82, 2.24) is 0 Å². The normalized spacial score (nSPS) is 13.1. The average Bonchev–Trinajstić information content (AvgIpc) is 3.22. The van der Waals surface area contributed by atoms with Crippen LogP contribution in [-0.4, -0.2) is 95.4 Å². The molecule has 0 saturated heterocycles. The Bertz CT molecular complexity index is 1110. The number of hydrogen-bond donors (Lipinski definition) is 2. The van der Waals surface area contributed by atoms with E-state index < -0.39 is 24.1 Å². The molecule has 2 N–H and O–H groups in total. The molecule has 4 unspecified atom stereocenters. The van der Waals surface area contributed by atoms with Gasteiger partial charge in [0.15, 0.2) is 0 Å². The zero-order chi connectivity index (χ0) is 42.3. The van der Waals surface area contributed by atoms with Gasteiger partial charge in [0.2, 0.25) is 0 Å². The summed E-state index contributed by atoms with van der Waals surface area (Å²) in [5.74, 6) is -1.93. The Labute approximate surface area is 400 Å². The monoisotopic (exact) mass is 949 g/mol. The molecular formula is C50H82BaO8. The molecule has 0 aliphatic rings. The molecule has 2 aromatic carbocycles. The van der Waals surface area contributed by atoms with Crippen molar-refractivity contribution < 1.29 is 39.5 Å². The Morgan fingerprint density at radius 2 is 0.746 bits per heavy atom. The zero-order valence-corrected chi connectivity index (χ0v) is 41.8. The van der Waals surface area contributed by atoms with Crippen molar-refractivity contribution >= 4 is 60.8 Å². The summed E-state index contributed by atoms with van der Waals surface area (Å²) in [6.45, 7) is 5.55. The predicted molar refractivity (Wildman–Crippen MR) is 238 cm³/mol. The van der Waals surface area contributed by atoms with Crippen molar-refractivity contribution in [2.75, 3.05) is 0 Å². The SMILES string of the molecule is CCCCCCCCC(OCc1ccccc1)C(O)CCCCCCCC(=O)[O-].CCCCCCCCC(OCc1ccccc1)C(O)CCCCCCCC(=O)[O-].[Ba+2]. The minimum atomic E-state index is -0.964. The van der Waals surface area contributed by atoms with E-state index in [4.69, 9.17) is 9.47 Å². The van der Waals surface area contributed by atoms with E-state index in [1.54, 1.807) is 0 Å². The van der Waals surface area contributed by atoms with Gasteiger partial charge in [0.1, 0.15) is 0 Å². The first kappa shape index (κ1) is 57.8. The van der Waals surface area contributed by atoms with Crippen LogP contribution in [0.5, 0.6) is 0 Å². The standard InChI is InChI=1S/2C25H42O4.Ba/c2*1-2-3-4-5-8-14-19-24(29-21-22-16-11-10-12-17-22)23(26)18-13-7-6-9-15-20-25(27)28;/h2*10-12,16-17,23-24,26H,2-9,13-15,18-21H2,1H3,(H,27,28);/q;;+2/p-2. The summed E-state index contributed by atoms with van der Waals surface area (Å²) in [7, 11) is 0. The van der Waals surface area contributed by atoms with Crippen LogP contribution in [0.4, 0.5) is 0 Å². The van der Waals surface area contributed by atoms with Gasteiger partial charge in [0.25, 0.3) is 0 Å². The van der Waals surface area contributed by atoms with Gasteiger partial charge in [-0.1, -0.05) is 203 Å². The molecule has 2 aromatic rings. The van der Waals surface area contributed by atoms with Crippen LogP contribution in [0, 0.1) is 0 Å². The van der Waals surface area contributed by atoms with E-state index in [2.05, 4.69) is 38.1 Å². The summed E-state index contributed by atoms with van der Waals surface area (Å²) >= 11 is 0. The summed E-state index contributed by atoms with van der Waals surface area (Å²) in [6.07, 6.45) is 26.5. The number of aliphatic hydroxyl groups excluding tert-OH is 2. The maximum atomic E-state index is 10.7. The van der Waals surface area contributed by atoms with E-state index in [9.17, 15) is 30.0 Å². The van der Waals surface area contributed by atoms with E-state index in [0.29, 0.717) is 26.1 Å². The Kier molecular flexibility index (Phi) is 41.2. The number of unbranched alkanes of at least 4 members (excludes halogenated alkanes) is 18. The molecule has 0 aromatic heterocycles. The molecule has 0 heterocycles. The topological polar surface area (TPSA) is 139 Å². The molecule has 0 radical (unpaired) electrons. The maximum Gasteiger partial charge on any atom is 2.00 e. The van der Waals surface area contributed by atoms with Gasteiger partial charge in [-0.3, -0.25) is 0 Å². The molecule has 332 valence electrons. The van der Waals surface area contributed by atoms with Crippen LogP contribution >= 0.6 is 0 Å². The summed E-state index contributed by atoms with van der Waals surface area (Å²) in [5, 5.41) is 42.2. The molecule has 0 bridgehead atoms. The first-order chi connectivity index (χ1) is 28.3. The van der Waals surface area contributed by atoms with Crippen molar-refractivity contribution in [2.45, 2.75) is 231 Å². The van der Waals surface area contributed by atoms with Crippen molar-refractivity contribution in [1.29, 1.82) is 0 Å². The number of rotatable bonds is 38. The van der Waals surface area contributed by atoms with E-state index >= 15 is 0 Å². The van der Waals surface area contributed by atoms with Crippen LogP contribution in [0.25, 0.3) is 0 Å². The van der Waals surface area contributed by atoms with Crippen molar-refractivity contribution in [2.24, 2.45) is 0 Å². The second kappa shape index (κ2) is 42.1. The van der Waals surface area contributed by atoms with Gasteiger partial charge in [-0.15, -0.1) is 0 Å². The van der Waals surface area contributed by atoms with Crippen LogP contribution in [0.3, 0.4) is 0 Å². The smallest absolute Gasteiger partial charge is 0.550 e. The number of aliphatic hydroxyl groups is 2. The first-order valence-corrected chi connectivity index (χ1v) is 23.3. The molecule has 0 fully saturated rings. The Hall–Kier alpha value is -1.21.